The van der Waals surface area contributed by atoms with Crippen LogP contribution in [-0.2, 0) is 9.47 Å². The van der Waals surface area contributed by atoms with Crippen molar-refractivity contribution in [2.45, 2.75) is 19.8 Å². The third-order valence-electron chi connectivity index (χ3n) is 2.75. The van der Waals surface area contributed by atoms with Crippen LogP contribution in [0.5, 0.6) is 0 Å². The lowest BCUT2D eigenvalue weighted by Gasteiger charge is -2.36. The van der Waals surface area contributed by atoms with Crippen LogP contribution < -0.4 is 5.32 Å². The third-order valence-corrected chi connectivity index (χ3v) is 2.75. The van der Waals surface area contributed by atoms with E-state index in [2.05, 4.69) is 12.2 Å². The van der Waals surface area contributed by atoms with Gasteiger partial charge >= 0.3 is 0 Å². The van der Waals surface area contributed by atoms with Gasteiger partial charge in [-0.3, -0.25) is 0 Å². The molecule has 0 aromatic rings. The molecule has 0 amide bonds. The van der Waals surface area contributed by atoms with E-state index in [0.717, 1.165) is 45.8 Å². The molecule has 0 saturated carbocycles. The van der Waals surface area contributed by atoms with E-state index < -0.39 is 0 Å². The molecule has 3 heteroatoms. The molecule has 13 heavy (non-hydrogen) atoms. The van der Waals surface area contributed by atoms with Gasteiger partial charge in [-0.1, -0.05) is 6.92 Å². The summed E-state index contributed by atoms with van der Waals surface area (Å²) in [7, 11) is 1.78. The number of hydrogen-bond acceptors (Lipinski definition) is 3. The van der Waals surface area contributed by atoms with Crippen molar-refractivity contribution in [3.8, 4) is 0 Å². The molecule has 0 bridgehead atoms. The number of rotatable bonds is 5. The fourth-order valence-corrected chi connectivity index (χ4v) is 1.87. The second kappa shape index (κ2) is 5.58. The van der Waals surface area contributed by atoms with Crippen LogP contribution in [0.15, 0.2) is 0 Å². The predicted molar refractivity (Wildman–Crippen MR) is 52.9 cm³/mol. The van der Waals surface area contributed by atoms with E-state index in [1.165, 1.54) is 0 Å². The summed E-state index contributed by atoms with van der Waals surface area (Å²) < 4.78 is 10.7. The maximum atomic E-state index is 5.37. The second-order valence-electron chi connectivity index (χ2n) is 3.83. The van der Waals surface area contributed by atoms with Crippen LogP contribution in [0, 0.1) is 5.41 Å². The van der Waals surface area contributed by atoms with E-state index in [1.807, 2.05) is 0 Å². The minimum Gasteiger partial charge on any atom is -0.384 e. The van der Waals surface area contributed by atoms with Gasteiger partial charge < -0.3 is 14.8 Å². The van der Waals surface area contributed by atoms with Gasteiger partial charge in [-0.2, -0.15) is 0 Å². The largest absolute Gasteiger partial charge is 0.384 e. The van der Waals surface area contributed by atoms with Gasteiger partial charge in [-0.05, 0) is 19.4 Å². The maximum Gasteiger partial charge on any atom is 0.0532 e. The molecule has 0 atom stereocenters. The molecule has 0 radical (unpaired) electrons. The average Bonchev–Trinajstić information content (AvgIpc) is 2.17. The monoisotopic (exact) mass is 187 g/mol. The number of hydrogen-bond donors (Lipinski definition) is 1. The summed E-state index contributed by atoms with van der Waals surface area (Å²) in [6.07, 6.45) is 2.24. The Labute approximate surface area is 80.8 Å². The Balaban J connectivity index is 2.40. The van der Waals surface area contributed by atoms with Gasteiger partial charge in [0.15, 0.2) is 0 Å². The zero-order valence-corrected chi connectivity index (χ0v) is 8.77. The lowest BCUT2D eigenvalue weighted by atomic mass is 9.81. The molecule has 1 N–H and O–H groups in total. The molecule has 1 heterocycles. The molecule has 0 aliphatic carbocycles. The first-order valence-corrected chi connectivity index (χ1v) is 5.10. The minimum atomic E-state index is 0.322. The molecule has 1 saturated heterocycles. The van der Waals surface area contributed by atoms with Crippen LogP contribution in [0.4, 0.5) is 0 Å². The molecule has 78 valence electrons. The van der Waals surface area contributed by atoms with Gasteiger partial charge in [0.1, 0.15) is 0 Å². The highest BCUT2D eigenvalue weighted by Crippen LogP contribution is 2.29. The van der Waals surface area contributed by atoms with E-state index in [0.29, 0.717) is 5.41 Å². The van der Waals surface area contributed by atoms with Crippen molar-refractivity contribution in [3.05, 3.63) is 0 Å². The molecular formula is C10H21NO2. The van der Waals surface area contributed by atoms with Gasteiger partial charge in [-0.15, -0.1) is 0 Å². The fourth-order valence-electron chi connectivity index (χ4n) is 1.87. The van der Waals surface area contributed by atoms with Crippen molar-refractivity contribution in [1.29, 1.82) is 0 Å². The lowest BCUT2D eigenvalue weighted by molar-refractivity contribution is -0.0265. The lowest BCUT2D eigenvalue weighted by Crippen LogP contribution is -2.42. The second-order valence-corrected chi connectivity index (χ2v) is 3.83. The maximum absolute atomic E-state index is 5.37. The Morgan fingerprint density at radius 2 is 2.08 bits per heavy atom. The van der Waals surface area contributed by atoms with E-state index in [9.17, 15) is 0 Å². The number of nitrogens with one attached hydrogen (secondary N) is 1. The highest BCUT2D eigenvalue weighted by Gasteiger charge is 2.31. The topological polar surface area (TPSA) is 30.5 Å². The first-order valence-electron chi connectivity index (χ1n) is 5.10. The molecule has 0 spiro atoms. The Morgan fingerprint density at radius 1 is 1.38 bits per heavy atom. The van der Waals surface area contributed by atoms with Crippen molar-refractivity contribution in [1.82, 2.24) is 5.32 Å². The van der Waals surface area contributed by atoms with Crippen molar-refractivity contribution in [2.24, 2.45) is 5.41 Å². The highest BCUT2D eigenvalue weighted by molar-refractivity contribution is 4.83. The Hall–Kier alpha value is -0.120. The zero-order chi connectivity index (χ0) is 9.57. The Bertz CT molecular complexity index is 127. The first-order chi connectivity index (χ1) is 6.33. The summed E-state index contributed by atoms with van der Waals surface area (Å²) in [6.45, 7) is 6.85. The molecule has 0 unspecified atom stereocenters. The summed E-state index contributed by atoms with van der Waals surface area (Å²) in [5.41, 5.74) is 0.322. The van der Waals surface area contributed by atoms with Crippen LogP contribution in [0.1, 0.15) is 19.8 Å². The molecule has 1 aliphatic heterocycles. The number of methoxy groups -OCH3 is 1. The third kappa shape index (κ3) is 3.25. The molecule has 1 rings (SSSR count). The molecule has 0 aromatic heterocycles. The minimum absolute atomic E-state index is 0.322. The van der Waals surface area contributed by atoms with Gasteiger partial charge in [0.2, 0.25) is 0 Å². The molecule has 1 fully saturated rings. The summed E-state index contributed by atoms with van der Waals surface area (Å²) >= 11 is 0. The van der Waals surface area contributed by atoms with Crippen LogP contribution >= 0.6 is 0 Å². The Morgan fingerprint density at radius 3 is 2.62 bits per heavy atom. The fraction of sp³-hybridized carbons (Fsp3) is 1.00. The van der Waals surface area contributed by atoms with Crippen LogP contribution in [0.25, 0.3) is 0 Å². The van der Waals surface area contributed by atoms with E-state index >= 15 is 0 Å². The standard InChI is InChI=1S/C10H21NO2/c1-3-11-8-10(9-12-2)4-6-13-7-5-10/h11H,3-9H2,1-2H3. The summed E-state index contributed by atoms with van der Waals surface area (Å²) in [4.78, 5) is 0. The highest BCUT2D eigenvalue weighted by atomic mass is 16.5. The van der Waals surface area contributed by atoms with Gasteiger partial charge in [0, 0.05) is 32.3 Å². The van der Waals surface area contributed by atoms with Crippen molar-refractivity contribution in [2.75, 3.05) is 40.0 Å². The van der Waals surface area contributed by atoms with E-state index in [1.54, 1.807) is 7.11 Å². The molecular weight excluding hydrogens is 166 g/mol. The van der Waals surface area contributed by atoms with Gasteiger partial charge in [0.05, 0.1) is 6.61 Å². The van der Waals surface area contributed by atoms with Crippen LogP contribution in [-0.4, -0.2) is 40.0 Å². The summed E-state index contributed by atoms with van der Waals surface area (Å²) in [6, 6.07) is 0. The van der Waals surface area contributed by atoms with Gasteiger partial charge in [-0.25, -0.2) is 0 Å². The first kappa shape index (κ1) is 11.0. The summed E-state index contributed by atoms with van der Waals surface area (Å²) in [5.74, 6) is 0. The summed E-state index contributed by atoms with van der Waals surface area (Å²) in [5, 5.41) is 3.41. The molecule has 0 aromatic carbocycles. The smallest absolute Gasteiger partial charge is 0.0532 e. The van der Waals surface area contributed by atoms with Crippen molar-refractivity contribution in [3.63, 3.8) is 0 Å². The zero-order valence-electron chi connectivity index (χ0n) is 8.77. The van der Waals surface area contributed by atoms with Crippen molar-refractivity contribution < 1.29 is 9.47 Å². The quantitative estimate of drug-likeness (QED) is 0.697. The Kier molecular flexibility index (Phi) is 4.70. The average molecular weight is 187 g/mol. The van der Waals surface area contributed by atoms with E-state index in [4.69, 9.17) is 9.47 Å². The van der Waals surface area contributed by atoms with E-state index in [-0.39, 0.29) is 0 Å². The van der Waals surface area contributed by atoms with Crippen molar-refractivity contribution >= 4 is 0 Å². The van der Waals surface area contributed by atoms with Gasteiger partial charge in [0.25, 0.3) is 0 Å². The molecule has 1 aliphatic rings. The molecule has 3 nitrogen and oxygen atoms in total. The van der Waals surface area contributed by atoms with Crippen LogP contribution in [0.2, 0.25) is 0 Å². The number of ether oxygens (including phenoxy) is 2. The SMILES string of the molecule is CCNCC1(COC)CCOCC1. The normalized spacial score (nSPS) is 21.7. The van der Waals surface area contributed by atoms with Crippen LogP contribution in [0.3, 0.4) is 0 Å². The predicted octanol–water partition coefficient (Wildman–Crippen LogP) is 1.04.